The smallest absolute Gasteiger partial charge is 0.305 e. The zero-order valence-electron chi connectivity index (χ0n) is 14.2. The lowest BCUT2D eigenvalue weighted by Crippen LogP contribution is -2.11. The fourth-order valence-corrected chi connectivity index (χ4v) is 2.44. The van der Waals surface area contributed by atoms with Crippen LogP contribution in [0.3, 0.4) is 0 Å². The van der Waals surface area contributed by atoms with E-state index in [1.807, 2.05) is 24.3 Å². The maximum absolute atomic E-state index is 11.1. The van der Waals surface area contributed by atoms with Crippen LogP contribution in [-0.4, -0.2) is 32.8 Å². The summed E-state index contributed by atoms with van der Waals surface area (Å²) in [4.78, 5) is 11.1. The molecule has 4 nitrogen and oxygen atoms in total. The Bertz CT molecular complexity index is 465. The zero-order chi connectivity index (χ0) is 16.3. The highest BCUT2D eigenvalue weighted by molar-refractivity contribution is 5.69. The Kier molecular flexibility index (Phi) is 7.95. The van der Waals surface area contributed by atoms with E-state index >= 15 is 0 Å². The third-order valence-corrected chi connectivity index (χ3v) is 4.05. The molecule has 1 saturated carbocycles. The molecule has 0 spiro atoms. The number of methoxy groups -OCH3 is 1. The predicted octanol–water partition coefficient (Wildman–Crippen LogP) is 3.34. The lowest BCUT2D eigenvalue weighted by molar-refractivity contribution is -0.140. The second kappa shape index (κ2) is 10.3. The first kappa shape index (κ1) is 17.8. The van der Waals surface area contributed by atoms with Crippen LogP contribution in [-0.2, 0) is 16.0 Å². The van der Waals surface area contributed by atoms with Gasteiger partial charge in [-0.1, -0.05) is 31.4 Å². The van der Waals surface area contributed by atoms with Gasteiger partial charge in [-0.05, 0) is 56.0 Å². The monoisotopic (exact) mass is 319 g/mol. The summed E-state index contributed by atoms with van der Waals surface area (Å²) in [5.41, 5.74) is 1.11. The number of nitrogens with one attached hydrogen (secondary N) is 1. The highest BCUT2D eigenvalue weighted by Gasteiger charge is 2.13. The van der Waals surface area contributed by atoms with Crippen molar-refractivity contribution in [2.75, 3.05) is 26.8 Å². The fraction of sp³-hybridized carbons (Fsp3) is 0.632. The van der Waals surface area contributed by atoms with Crippen LogP contribution in [0.25, 0.3) is 0 Å². The summed E-state index contributed by atoms with van der Waals surface area (Å²) in [7, 11) is 1.42. The zero-order valence-corrected chi connectivity index (χ0v) is 14.2. The molecule has 1 atom stereocenters. The van der Waals surface area contributed by atoms with E-state index < -0.39 is 0 Å². The van der Waals surface area contributed by atoms with Crippen LogP contribution in [0.1, 0.15) is 44.1 Å². The van der Waals surface area contributed by atoms with Crippen molar-refractivity contribution in [3.63, 3.8) is 0 Å². The molecular weight excluding hydrogens is 290 g/mol. The quantitative estimate of drug-likeness (QED) is 0.783. The SMILES string of the molecule is C1CC1.COC(=O)CCc1cccc(OCCC2CCNC2)c1. The summed E-state index contributed by atoms with van der Waals surface area (Å²) in [6.07, 6.45) is 7.95. The molecule has 0 radical (unpaired) electrons. The van der Waals surface area contributed by atoms with Crippen molar-refractivity contribution < 1.29 is 14.3 Å². The molecule has 4 heteroatoms. The molecule has 1 N–H and O–H groups in total. The Morgan fingerprint density at radius 2 is 2.13 bits per heavy atom. The molecule has 1 aliphatic heterocycles. The molecule has 3 rings (SSSR count). The predicted molar refractivity (Wildman–Crippen MR) is 91.7 cm³/mol. The van der Waals surface area contributed by atoms with Gasteiger partial charge in [0.05, 0.1) is 13.7 Å². The van der Waals surface area contributed by atoms with E-state index in [4.69, 9.17) is 4.74 Å². The van der Waals surface area contributed by atoms with Crippen molar-refractivity contribution in [3.05, 3.63) is 29.8 Å². The van der Waals surface area contributed by atoms with Crippen molar-refractivity contribution >= 4 is 5.97 Å². The van der Waals surface area contributed by atoms with Gasteiger partial charge >= 0.3 is 5.97 Å². The molecule has 2 fully saturated rings. The number of ether oxygens (including phenoxy) is 2. The largest absolute Gasteiger partial charge is 0.494 e. The minimum Gasteiger partial charge on any atom is -0.494 e. The third kappa shape index (κ3) is 8.03. The molecule has 0 amide bonds. The summed E-state index contributed by atoms with van der Waals surface area (Å²) in [5, 5.41) is 3.36. The fourth-order valence-electron chi connectivity index (χ4n) is 2.44. The van der Waals surface area contributed by atoms with Crippen LogP contribution >= 0.6 is 0 Å². The highest BCUT2D eigenvalue weighted by Crippen LogP contribution is 2.17. The number of rotatable bonds is 7. The van der Waals surface area contributed by atoms with E-state index in [1.54, 1.807) is 0 Å². The Morgan fingerprint density at radius 1 is 1.30 bits per heavy atom. The van der Waals surface area contributed by atoms with Gasteiger partial charge in [-0.25, -0.2) is 0 Å². The number of hydrogen-bond donors (Lipinski definition) is 1. The first-order valence-electron chi connectivity index (χ1n) is 8.77. The number of hydrogen-bond acceptors (Lipinski definition) is 4. The van der Waals surface area contributed by atoms with E-state index in [2.05, 4.69) is 10.1 Å². The molecule has 1 heterocycles. The van der Waals surface area contributed by atoms with E-state index in [9.17, 15) is 4.79 Å². The normalized spacial score (nSPS) is 18.7. The molecule has 23 heavy (non-hydrogen) atoms. The first-order valence-corrected chi connectivity index (χ1v) is 8.77. The van der Waals surface area contributed by atoms with Gasteiger partial charge in [0.1, 0.15) is 5.75 Å². The molecule has 0 aromatic heterocycles. The topological polar surface area (TPSA) is 47.6 Å². The van der Waals surface area contributed by atoms with E-state index in [0.29, 0.717) is 12.8 Å². The summed E-state index contributed by atoms with van der Waals surface area (Å²) >= 11 is 0. The lowest BCUT2D eigenvalue weighted by atomic mass is 10.1. The van der Waals surface area contributed by atoms with Crippen molar-refractivity contribution in [3.8, 4) is 5.75 Å². The molecule has 1 aliphatic carbocycles. The standard InChI is InChI=1S/C16H23NO3.C3H6/c1-19-16(18)6-5-13-3-2-4-15(11-13)20-10-8-14-7-9-17-12-14;1-2-3-1/h2-4,11,14,17H,5-10,12H2,1H3;1-3H2. The summed E-state index contributed by atoms with van der Waals surface area (Å²) in [6, 6.07) is 7.96. The number of benzene rings is 1. The van der Waals surface area contributed by atoms with Crippen molar-refractivity contribution in [2.24, 2.45) is 5.92 Å². The van der Waals surface area contributed by atoms with Gasteiger partial charge in [0.2, 0.25) is 0 Å². The summed E-state index contributed by atoms with van der Waals surface area (Å²) in [6.45, 7) is 3.00. The van der Waals surface area contributed by atoms with Crippen molar-refractivity contribution in [1.82, 2.24) is 5.32 Å². The molecule has 1 aromatic carbocycles. The number of carbonyl (C=O) groups is 1. The number of aryl methyl sites for hydroxylation is 1. The minimum absolute atomic E-state index is 0.176. The van der Waals surface area contributed by atoms with E-state index in [1.165, 1.54) is 32.8 Å². The van der Waals surface area contributed by atoms with Gasteiger partial charge in [0, 0.05) is 6.42 Å². The molecule has 2 aliphatic rings. The number of carbonyl (C=O) groups excluding carboxylic acids is 1. The van der Waals surface area contributed by atoms with E-state index in [-0.39, 0.29) is 5.97 Å². The number of esters is 1. The van der Waals surface area contributed by atoms with Gasteiger partial charge in [-0.15, -0.1) is 0 Å². The van der Waals surface area contributed by atoms with Crippen LogP contribution in [0.5, 0.6) is 5.75 Å². The third-order valence-electron chi connectivity index (χ3n) is 4.05. The van der Waals surface area contributed by atoms with Gasteiger partial charge in [-0.3, -0.25) is 4.79 Å². The van der Waals surface area contributed by atoms with Crippen LogP contribution in [0, 0.1) is 5.92 Å². The Labute approximate surface area is 139 Å². The minimum atomic E-state index is -0.176. The average Bonchev–Trinajstić information content (AvgIpc) is 3.38. The Balaban J connectivity index is 0.000000572. The van der Waals surface area contributed by atoms with Crippen LogP contribution in [0.2, 0.25) is 0 Å². The van der Waals surface area contributed by atoms with Crippen molar-refractivity contribution in [2.45, 2.75) is 44.9 Å². The molecule has 128 valence electrons. The summed E-state index contributed by atoms with van der Waals surface area (Å²) in [5.74, 6) is 1.46. The molecule has 0 bridgehead atoms. The maximum atomic E-state index is 11.1. The maximum Gasteiger partial charge on any atom is 0.305 e. The van der Waals surface area contributed by atoms with Gasteiger partial charge in [0.25, 0.3) is 0 Å². The molecule has 1 aromatic rings. The molecule has 1 unspecified atom stereocenters. The molecular formula is C19H29NO3. The Morgan fingerprint density at radius 3 is 2.78 bits per heavy atom. The molecule has 1 saturated heterocycles. The van der Waals surface area contributed by atoms with Crippen molar-refractivity contribution in [1.29, 1.82) is 0 Å². The van der Waals surface area contributed by atoms with Crippen LogP contribution in [0.15, 0.2) is 24.3 Å². The van der Waals surface area contributed by atoms with Gasteiger partial charge in [0.15, 0.2) is 0 Å². The second-order valence-electron chi connectivity index (χ2n) is 6.28. The average molecular weight is 319 g/mol. The lowest BCUT2D eigenvalue weighted by Gasteiger charge is -2.11. The van der Waals surface area contributed by atoms with Gasteiger partial charge < -0.3 is 14.8 Å². The van der Waals surface area contributed by atoms with Crippen LogP contribution in [0.4, 0.5) is 0 Å². The highest BCUT2D eigenvalue weighted by atomic mass is 16.5. The second-order valence-corrected chi connectivity index (χ2v) is 6.28. The van der Waals surface area contributed by atoms with Crippen LogP contribution < -0.4 is 10.1 Å². The van der Waals surface area contributed by atoms with Gasteiger partial charge in [-0.2, -0.15) is 0 Å². The first-order chi connectivity index (χ1) is 11.3. The Hall–Kier alpha value is -1.55. The van der Waals surface area contributed by atoms with E-state index in [0.717, 1.165) is 43.3 Å². The summed E-state index contributed by atoms with van der Waals surface area (Å²) < 4.78 is 10.4.